The van der Waals surface area contributed by atoms with Crippen molar-refractivity contribution in [3.05, 3.63) is 54.1 Å². The molecule has 0 saturated carbocycles. The van der Waals surface area contributed by atoms with E-state index in [1.807, 2.05) is 21.8 Å². The van der Waals surface area contributed by atoms with Crippen molar-refractivity contribution in [3.63, 3.8) is 0 Å². The van der Waals surface area contributed by atoms with E-state index in [0.717, 1.165) is 18.5 Å². The number of hydrogen-bond donors (Lipinski definition) is 2. The lowest BCUT2D eigenvalue weighted by atomic mass is 10.1. The van der Waals surface area contributed by atoms with Gasteiger partial charge in [-0.25, -0.2) is 4.39 Å². The van der Waals surface area contributed by atoms with Crippen LogP contribution in [-0.2, 0) is 22.7 Å². The summed E-state index contributed by atoms with van der Waals surface area (Å²) in [7, 11) is 0. The number of benzene rings is 1. The molecule has 2 N–H and O–H groups in total. The number of aromatic nitrogens is 2. The number of rotatable bonds is 8. The number of halogens is 1. The van der Waals surface area contributed by atoms with Crippen molar-refractivity contribution in [3.8, 4) is 0 Å². The molecule has 0 spiro atoms. The van der Waals surface area contributed by atoms with Crippen LogP contribution in [0.2, 0.25) is 0 Å². The van der Waals surface area contributed by atoms with E-state index >= 15 is 0 Å². The molecule has 8 heteroatoms. The van der Waals surface area contributed by atoms with Crippen molar-refractivity contribution >= 4 is 11.8 Å². The summed E-state index contributed by atoms with van der Waals surface area (Å²) < 4.78 is 14.9. The van der Waals surface area contributed by atoms with E-state index in [0.29, 0.717) is 26.2 Å². The van der Waals surface area contributed by atoms with Crippen LogP contribution in [0, 0.1) is 5.82 Å². The lowest BCUT2D eigenvalue weighted by Gasteiger charge is -2.34. The molecule has 1 aromatic heterocycles. The van der Waals surface area contributed by atoms with Gasteiger partial charge in [0.1, 0.15) is 5.82 Å². The Bertz CT molecular complexity index is 748. The lowest BCUT2D eigenvalue weighted by molar-refractivity contribution is -0.134. The van der Waals surface area contributed by atoms with Crippen LogP contribution in [0.3, 0.4) is 0 Å². The van der Waals surface area contributed by atoms with Gasteiger partial charge in [0.25, 0.3) is 0 Å². The fraction of sp³-hybridized carbons (Fsp3) is 0.421. The lowest BCUT2D eigenvalue weighted by Crippen LogP contribution is -2.56. The highest BCUT2D eigenvalue weighted by Crippen LogP contribution is 2.14. The molecule has 1 aliphatic heterocycles. The summed E-state index contributed by atoms with van der Waals surface area (Å²) in [5, 5.41) is 9.80. The van der Waals surface area contributed by atoms with Gasteiger partial charge in [0.2, 0.25) is 11.8 Å². The van der Waals surface area contributed by atoms with E-state index in [4.69, 9.17) is 0 Å². The molecule has 1 aromatic carbocycles. The number of aryl methyl sites for hydroxylation is 1. The number of nitrogens with zero attached hydrogens (tertiary/aromatic N) is 3. The molecule has 0 unspecified atom stereocenters. The van der Waals surface area contributed by atoms with Gasteiger partial charge in [-0.05, 0) is 30.2 Å². The van der Waals surface area contributed by atoms with Crippen LogP contribution < -0.4 is 10.6 Å². The van der Waals surface area contributed by atoms with Crippen LogP contribution >= 0.6 is 0 Å². The monoisotopic (exact) mass is 373 g/mol. The molecule has 1 atom stereocenters. The van der Waals surface area contributed by atoms with Gasteiger partial charge in [0.05, 0.1) is 12.5 Å². The summed E-state index contributed by atoms with van der Waals surface area (Å²) in [6.07, 6.45) is 4.47. The third kappa shape index (κ3) is 5.62. The molecule has 0 radical (unpaired) electrons. The Balaban J connectivity index is 1.49. The molecule has 7 nitrogen and oxygen atoms in total. The number of piperazine rings is 1. The highest BCUT2D eigenvalue weighted by Gasteiger charge is 2.31. The number of hydrogen-bond acceptors (Lipinski definition) is 4. The van der Waals surface area contributed by atoms with Crippen LogP contribution in [0.15, 0.2) is 42.7 Å². The third-order valence-corrected chi connectivity index (χ3v) is 4.56. The highest BCUT2D eigenvalue weighted by molar-refractivity contribution is 5.88. The standard InChI is InChI=1S/C19H24FN5O2/c20-16-5-3-15(4-6-16)14-24-12-9-22-19(27)17(24)13-18(26)21-7-1-10-25-11-2-8-23-25/h2-6,8,11,17H,1,7,9-10,12-14H2,(H,21,26)(H,22,27)/t17-/m1/s1. The van der Waals surface area contributed by atoms with Gasteiger partial charge < -0.3 is 10.6 Å². The zero-order valence-corrected chi connectivity index (χ0v) is 15.1. The summed E-state index contributed by atoms with van der Waals surface area (Å²) in [6.45, 7) is 2.96. The van der Waals surface area contributed by atoms with Crippen molar-refractivity contribution < 1.29 is 14.0 Å². The highest BCUT2D eigenvalue weighted by atomic mass is 19.1. The molecule has 27 heavy (non-hydrogen) atoms. The summed E-state index contributed by atoms with van der Waals surface area (Å²) >= 11 is 0. The quantitative estimate of drug-likeness (QED) is 0.675. The first kappa shape index (κ1) is 19.0. The van der Waals surface area contributed by atoms with E-state index in [-0.39, 0.29) is 24.1 Å². The molecule has 0 aliphatic carbocycles. The molecule has 1 aliphatic rings. The fourth-order valence-electron chi connectivity index (χ4n) is 3.15. The predicted octanol–water partition coefficient (Wildman–Crippen LogP) is 0.919. The second-order valence-corrected chi connectivity index (χ2v) is 6.58. The first-order chi connectivity index (χ1) is 13.1. The first-order valence-corrected chi connectivity index (χ1v) is 9.12. The third-order valence-electron chi connectivity index (χ3n) is 4.56. The Hall–Kier alpha value is -2.74. The smallest absolute Gasteiger partial charge is 0.237 e. The molecule has 1 saturated heterocycles. The largest absolute Gasteiger partial charge is 0.356 e. The molecule has 0 bridgehead atoms. The van der Waals surface area contributed by atoms with E-state index < -0.39 is 6.04 Å². The van der Waals surface area contributed by atoms with Crippen molar-refractivity contribution in [1.29, 1.82) is 0 Å². The Morgan fingerprint density at radius 1 is 1.33 bits per heavy atom. The zero-order valence-electron chi connectivity index (χ0n) is 15.1. The van der Waals surface area contributed by atoms with E-state index in [9.17, 15) is 14.0 Å². The Morgan fingerprint density at radius 3 is 2.89 bits per heavy atom. The zero-order chi connectivity index (χ0) is 19.1. The van der Waals surface area contributed by atoms with Crippen LogP contribution in [0.1, 0.15) is 18.4 Å². The number of nitrogens with one attached hydrogen (secondary N) is 2. The molecule has 3 rings (SSSR count). The van der Waals surface area contributed by atoms with Gasteiger partial charge in [0, 0.05) is 45.1 Å². The van der Waals surface area contributed by atoms with E-state index in [2.05, 4.69) is 15.7 Å². The van der Waals surface area contributed by atoms with Gasteiger partial charge in [-0.1, -0.05) is 12.1 Å². The maximum absolute atomic E-state index is 13.1. The number of amides is 2. The van der Waals surface area contributed by atoms with Crippen LogP contribution in [0.5, 0.6) is 0 Å². The Kier molecular flexibility index (Phi) is 6.54. The van der Waals surface area contributed by atoms with Crippen LogP contribution in [0.4, 0.5) is 4.39 Å². The second-order valence-electron chi connectivity index (χ2n) is 6.58. The minimum atomic E-state index is -0.519. The van der Waals surface area contributed by atoms with Crippen molar-refractivity contribution in [2.45, 2.75) is 32.0 Å². The topological polar surface area (TPSA) is 79.3 Å². The SMILES string of the molecule is O=C(C[C@@H]1C(=O)NCCN1Cc1ccc(F)cc1)NCCCn1cccn1. The maximum Gasteiger partial charge on any atom is 0.237 e. The molecular formula is C19H24FN5O2. The predicted molar refractivity (Wildman–Crippen MR) is 98.1 cm³/mol. The Labute approximate surface area is 157 Å². The first-order valence-electron chi connectivity index (χ1n) is 9.12. The fourth-order valence-corrected chi connectivity index (χ4v) is 3.15. The molecule has 2 amide bonds. The molecule has 1 fully saturated rings. The van der Waals surface area contributed by atoms with Crippen LogP contribution in [0.25, 0.3) is 0 Å². The minimum absolute atomic E-state index is 0.106. The van der Waals surface area contributed by atoms with Gasteiger partial charge in [-0.2, -0.15) is 5.10 Å². The van der Waals surface area contributed by atoms with Gasteiger partial charge in [0.15, 0.2) is 0 Å². The number of carbonyl (C=O) groups is 2. The maximum atomic E-state index is 13.1. The average Bonchev–Trinajstić information content (AvgIpc) is 3.17. The van der Waals surface area contributed by atoms with Gasteiger partial charge in [-0.15, -0.1) is 0 Å². The normalized spacial score (nSPS) is 17.5. The number of carbonyl (C=O) groups excluding carboxylic acids is 2. The summed E-state index contributed by atoms with van der Waals surface area (Å²) in [4.78, 5) is 26.5. The van der Waals surface area contributed by atoms with E-state index in [1.165, 1.54) is 12.1 Å². The molecule has 2 heterocycles. The molecule has 2 aromatic rings. The van der Waals surface area contributed by atoms with Crippen molar-refractivity contribution in [1.82, 2.24) is 25.3 Å². The Morgan fingerprint density at radius 2 is 2.15 bits per heavy atom. The van der Waals surface area contributed by atoms with Gasteiger partial charge in [-0.3, -0.25) is 19.2 Å². The molecule has 144 valence electrons. The van der Waals surface area contributed by atoms with Gasteiger partial charge >= 0.3 is 0 Å². The van der Waals surface area contributed by atoms with E-state index in [1.54, 1.807) is 18.3 Å². The second kappa shape index (κ2) is 9.27. The minimum Gasteiger partial charge on any atom is -0.356 e. The van der Waals surface area contributed by atoms with Crippen LogP contribution in [-0.4, -0.2) is 52.2 Å². The summed E-state index contributed by atoms with van der Waals surface area (Å²) in [5.74, 6) is -0.585. The summed E-state index contributed by atoms with van der Waals surface area (Å²) in [5.41, 5.74) is 0.913. The molecular weight excluding hydrogens is 349 g/mol. The van der Waals surface area contributed by atoms with Crippen molar-refractivity contribution in [2.24, 2.45) is 0 Å². The summed E-state index contributed by atoms with van der Waals surface area (Å²) in [6, 6.07) is 7.55. The average molecular weight is 373 g/mol. The van der Waals surface area contributed by atoms with Crippen molar-refractivity contribution in [2.75, 3.05) is 19.6 Å².